The van der Waals surface area contributed by atoms with Gasteiger partial charge < -0.3 is 5.32 Å². The third-order valence-corrected chi connectivity index (χ3v) is 5.01. The first-order chi connectivity index (χ1) is 14.5. The number of benzene rings is 2. The maximum absolute atomic E-state index is 12.6. The quantitative estimate of drug-likeness (QED) is 0.345. The van der Waals surface area contributed by atoms with Crippen molar-refractivity contribution in [1.29, 1.82) is 0 Å². The Hall–Kier alpha value is -4.41. The molecule has 148 valence electrons. The summed E-state index contributed by atoms with van der Waals surface area (Å²) < 4.78 is 1.59. The van der Waals surface area contributed by atoms with Gasteiger partial charge in [-0.1, -0.05) is 34.9 Å². The number of nitrogens with one attached hydrogen (secondary N) is 2. The Morgan fingerprint density at radius 2 is 1.83 bits per heavy atom. The lowest BCUT2D eigenvalue weighted by atomic mass is 9.92. The van der Waals surface area contributed by atoms with Crippen LogP contribution in [0.25, 0.3) is 11.3 Å². The van der Waals surface area contributed by atoms with Gasteiger partial charge in [-0.2, -0.15) is 9.78 Å². The molecule has 0 radical (unpaired) electrons. The van der Waals surface area contributed by atoms with E-state index in [4.69, 9.17) is 0 Å². The van der Waals surface area contributed by atoms with Gasteiger partial charge in [-0.25, -0.2) is 5.10 Å². The van der Waals surface area contributed by atoms with Crippen molar-refractivity contribution in [3.63, 3.8) is 0 Å². The van der Waals surface area contributed by atoms with Crippen LogP contribution in [0.15, 0.2) is 53.3 Å². The first-order valence-corrected chi connectivity index (χ1v) is 9.02. The molecule has 2 N–H and O–H groups in total. The second-order valence-electron chi connectivity index (χ2n) is 6.88. The van der Waals surface area contributed by atoms with Gasteiger partial charge in [0.15, 0.2) is 0 Å². The van der Waals surface area contributed by atoms with E-state index in [1.165, 1.54) is 12.1 Å². The maximum Gasteiger partial charge on any atom is 0.288 e. The average Bonchev–Trinajstić information content (AvgIpc) is 3.22. The maximum atomic E-state index is 12.6. The lowest BCUT2D eigenvalue weighted by Gasteiger charge is -2.27. The molecule has 2 aromatic heterocycles. The second kappa shape index (κ2) is 6.58. The molecule has 0 fully saturated rings. The number of rotatable bonds is 3. The van der Waals surface area contributed by atoms with Gasteiger partial charge in [0.1, 0.15) is 11.7 Å². The summed E-state index contributed by atoms with van der Waals surface area (Å²) >= 11 is 0. The number of non-ortho nitro benzene ring substituents is 1. The number of H-pyrrole nitrogens is 1. The van der Waals surface area contributed by atoms with Crippen LogP contribution >= 0.6 is 0 Å². The number of nitro benzene ring substituents is 1. The van der Waals surface area contributed by atoms with Crippen LogP contribution < -0.4 is 10.9 Å². The Balaban J connectivity index is 1.76. The summed E-state index contributed by atoms with van der Waals surface area (Å²) in [6.07, 6.45) is 0. The molecule has 5 rings (SSSR count). The summed E-state index contributed by atoms with van der Waals surface area (Å²) in [5, 5.41) is 32.5. The number of nitrogens with zero attached hydrogens (tertiary/aromatic N) is 6. The number of anilines is 2. The van der Waals surface area contributed by atoms with E-state index in [0.717, 1.165) is 11.1 Å². The van der Waals surface area contributed by atoms with Crippen molar-refractivity contribution in [3.05, 3.63) is 85.7 Å². The molecule has 0 saturated heterocycles. The van der Waals surface area contributed by atoms with Gasteiger partial charge in [-0.05, 0) is 35.0 Å². The Morgan fingerprint density at radius 3 is 2.53 bits per heavy atom. The molecule has 3 heterocycles. The molecular weight excluding hydrogens is 388 g/mol. The van der Waals surface area contributed by atoms with Crippen molar-refractivity contribution in [2.75, 3.05) is 5.32 Å². The smallest absolute Gasteiger partial charge is 0.288 e. The van der Waals surface area contributed by atoms with Crippen LogP contribution in [0.3, 0.4) is 0 Å². The van der Waals surface area contributed by atoms with Crippen LogP contribution in [0.4, 0.5) is 17.3 Å². The molecule has 0 spiro atoms. The molecule has 11 nitrogen and oxygen atoms in total. The minimum atomic E-state index is -0.508. The highest BCUT2D eigenvalue weighted by Gasteiger charge is 2.34. The molecule has 0 aliphatic carbocycles. The van der Waals surface area contributed by atoms with Crippen LogP contribution in [0.5, 0.6) is 0 Å². The number of hydrogen-bond acceptors (Lipinski definition) is 8. The Kier molecular flexibility index (Phi) is 3.88. The fourth-order valence-corrected chi connectivity index (χ4v) is 3.56. The molecule has 30 heavy (non-hydrogen) atoms. The lowest BCUT2D eigenvalue weighted by molar-refractivity contribution is -0.384. The third-order valence-electron chi connectivity index (χ3n) is 5.01. The molecule has 1 atom stereocenters. The Bertz CT molecular complexity index is 1330. The summed E-state index contributed by atoms with van der Waals surface area (Å²) in [6, 6.07) is 13.3. The largest absolute Gasteiger partial charge is 0.318 e. The van der Waals surface area contributed by atoms with Gasteiger partial charge in [0.2, 0.25) is 5.95 Å². The molecular formula is C19H14N8O3. The summed E-state index contributed by atoms with van der Waals surface area (Å²) in [6.45, 7) is 1.98. The van der Waals surface area contributed by atoms with E-state index in [1.807, 2.05) is 31.2 Å². The number of nitro groups is 1. The minimum Gasteiger partial charge on any atom is -0.318 e. The number of aryl methyl sites for hydroxylation is 1. The van der Waals surface area contributed by atoms with Gasteiger partial charge in [0.05, 0.1) is 10.6 Å². The number of aromatic amines is 1. The molecule has 0 bridgehead atoms. The highest BCUT2D eigenvalue weighted by Crippen LogP contribution is 2.41. The SMILES string of the molecule is Cc1ccc(C2c3c(-c4ccc([N+](=O)[O-])cc4)n[nH]c(=O)c3Nc3nnnn32)cc1. The van der Waals surface area contributed by atoms with Gasteiger partial charge >= 0.3 is 0 Å². The predicted molar refractivity (Wildman–Crippen MR) is 106 cm³/mol. The monoisotopic (exact) mass is 402 g/mol. The minimum absolute atomic E-state index is 0.0342. The number of tetrazole rings is 1. The second-order valence-corrected chi connectivity index (χ2v) is 6.88. The fourth-order valence-electron chi connectivity index (χ4n) is 3.56. The Labute approximate surface area is 168 Å². The van der Waals surface area contributed by atoms with E-state index in [0.29, 0.717) is 22.8 Å². The van der Waals surface area contributed by atoms with E-state index in [2.05, 4.69) is 31.0 Å². The summed E-state index contributed by atoms with van der Waals surface area (Å²) in [5.41, 5.74) is 3.46. The van der Waals surface area contributed by atoms with Gasteiger partial charge in [0.25, 0.3) is 11.2 Å². The highest BCUT2D eigenvalue weighted by atomic mass is 16.6. The van der Waals surface area contributed by atoms with Crippen molar-refractivity contribution < 1.29 is 4.92 Å². The van der Waals surface area contributed by atoms with Gasteiger partial charge in [-0.15, -0.1) is 0 Å². The zero-order valence-corrected chi connectivity index (χ0v) is 15.6. The molecule has 4 aromatic rings. The molecule has 1 unspecified atom stereocenters. The topological polar surface area (TPSA) is 145 Å². The fraction of sp³-hybridized carbons (Fsp3) is 0.105. The normalized spacial score (nSPS) is 14.5. The van der Waals surface area contributed by atoms with Crippen molar-refractivity contribution in [3.8, 4) is 11.3 Å². The molecule has 1 aliphatic rings. The third kappa shape index (κ3) is 2.71. The first kappa shape index (κ1) is 17.7. The van der Waals surface area contributed by atoms with Crippen LogP contribution in [0.1, 0.15) is 22.7 Å². The van der Waals surface area contributed by atoms with Crippen LogP contribution in [-0.4, -0.2) is 35.3 Å². The molecule has 2 aromatic carbocycles. The van der Waals surface area contributed by atoms with E-state index < -0.39 is 16.5 Å². The zero-order valence-electron chi connectivity index (χ0n) is 15.6. The van der Waals surface area contributed by atoms with E-state index in [9.17, 15) is 14.9 Å². The van der Waals surface area contributed by atoms with Gasteiger partial charge in [0, 0.05) is 23.3 Å². The molecule has 1 aliphatic heterocycles. The van der Waals surface area contributed by atoms with Crippen molar-refractivity contribution in [1.82, 2.24) is 30.4 Å². The number of aromatic nitrogens is 6. The van der Waals surface area contributed by atoms with Crippen molar-refractivity contribution in [2.45, 2.75) is 13.0 Å². The van der Waals surface area contributed by atoms with E-state index >= 15 is 0 Å². The standard InChI is InChI=1S/C19H14N8O3/c1-10-2-4-12(5-3-10)17-14-15(11-6-8-13(9-7-11)27(29)30)21-22-18(28)16(14)20-19-23-24-25-26(17)19/h2-9,17H,1H3,(H,22,28)(H,20,23,25). The summed E-state index contributed by atoms with van der Waals surface area (Å²) in [5.74, 6) is 0.333. The van der Waals surface area contributed by atoms with Crippen molar-refractivity contribution in [2.24, 2.45) is 0 Å². The van der Waals surface area contributed by atoms with Crippen LogP contribution in [0.2, 0.25) is 0 Å². The number of hydrogen-bond donors (Lipinski definition) is 2. The van der Waals surface area contributed by atoms with Crippen LogP contribution in [-0.2, 0) is 0 Å². The molecule has 0 saturated carbocycles. The number of fused-ring (bicyclic) bond motifs is 2. The highest BCUT2D eigenvalue weighted by molar-refractivity contribution is 5.75. The summed E-state index contributed by atoms with van der Waals surface area (Å²) in [4.78, 5) is 23.1. The van der Waals surface area contributed by atoms with Gasteiger partial charge in [-0.3, -0.25) is 14.9 Å². The molecule has 11 heteroatoms. The van der Waals surface area contributed by atoms with E-state index in [-0.39, 0.29) is 11.4 Å². The Morgan fingerprint density at radius 1 is 1.10 bits per heavy atom. The summed E-state index contributed by atoms with van der Waals surface area (Å²) in [7, 11) is 0. The first-order valence-electron chi connectivity index (χ1n) is 9.02. The van der Waals surface area contributed by atoms with Crippen LogP contribution in [0, 0.1) is 17.0 Å². The average molecular weight is 402 g/mol. The lowest BCUT2D eigenvalue weighted by Crippen LogP contribution is -2.29. The molecule has 0 amide bonds. The predicted octanol–water partition coefficient (Wildman–Crippen LogP) is 2.33. The zero-order chi connectivity index (χ0) is 20.8. The van der Waals surface area contributed by atoms with Crippen molar-refractivity contribution >= 4 is 17.3 Å². The van der Waals surface area contributed by atoms with E-state index in [1.54, 1.807) is 16.8 Å².